The maximum absolute atomic E-state index is 12.6. The summed E-state index contributed by atoms with van der Waals surface area (Å²) in [4.78, 5) is 16.8. The molecule has 1 fully saturated rings. The van der Waals surface area contributed by atoms with Gasteiger partial charge in [-0.05, 0) is 48.6 Å². The van der Waals surface area contributed by atoms with Crippen LogP contribution in [0.1, 0.15) is 37.3 Å². The van der Waals surface area contributed by atoms with Crippen molar-refractivity contribution in [1.29, 1.82) is 0 Å². The van der Waals surface area contributed by atoms with Crippen LogP contribution in [-0.4, -0.2) is 33.7 Å². The second kappa shape index (κ2) is 8.71. The molecule has 4 rings (SSSR count). The highest BCUT2D eigenvalue weighted by Crippen LogP contribution is 2.38. The van der Waals surface area contributed by atoms with Crippen molar-refractivity contribution < 1.29 is 22.6 Å². The molecule has 1 aliphatic heterocycles. The van der Waals surface area contributed by atoms with E-state index < -0.39 is 13.0 Å². The van der Waals surface area contributed by atoms with Crippen molar-refractivity contribution in [1.82, 2.24) is 14.1 Å². The quantitative estimate of drug-likeness (QED) is 0.546. The monoisotopic (exact) mass is 449 g/mol. The molecule has 1 aliphatic rings. The van der Waals surface area contributed by atoms with E-state index in [1.807, 2.05) is 24.3 Å². The van der Waals surface area contributed by atoms with E-state index >= 15 is 0 Å². The first-order valence-corrected chi connectivity index (χ1v) is 10.7. The van der Waals surface area contributed by atoms with Crippen molar-refractivity contribution in [3.63, 3.8) is 0 Å². The van der Waals surface area contributed by atoms with Crippen LogP contribution in [0.3, 0.4) is 0 Å². The van der Waals surface area contributed by atoms with Crippen LogP contribution in [0.25, 0.3) is 22.2 Å². The van der Waals surface area contributed by atoms with E-state index in [9.17, 15) is 18.0 Å². The van der Waals surface area contributed by atoms with Crippen molar-refractivity contribution in [3.05, 3.63) is 52.2 Å². The molecular weight excluding hydrogens is 423 g/mol. The zero-order chi connectivity index (χ0) is 23.0. The standard InChI is InChI=1S/C23H26F3N3O3/c1-4-15-7-9-31-20(15)21-27-18-6-5-16(17-11-14(2)22(30)28(3)13-17)12-19(18)29(21)8-10-32-23(24,25)26/h5-6,11-13,15,20H,4,7-10H2,1-3H3. The SMILES string of the molecule is CCC1CCOC1c1nc2ccc(-c3cc(C)c(=O)n(C)c3)cc2n1CCOC(F)(F)F. The summed E-state index contributed by atoms with van der Waals surface area (Å²) in [5.74, 6) is 0.892. The molecule has 1 aromatic carbocycles. The number of hydrogen-bond acceptors (Lipinski definition) is 4. The summed E-state index contributed by atoms with van der Waals surface area (Å²) < 4.78 is 51.1. The second-order valence-corrected chi connectivity index (χ2v) is 8.20. The van der Waals surface area contributed by atoms with Crippen LogP contribution in [0.2, 0.25) is 0 Å². The third-order valence-electron chi connectivity index (χ3n) is 6.05. The number of aryl methyl sites for hydroxylation is 2. The van der Waals surface area contributed by atoms with Crippen molar-refractivity contribution in [3.8, 4) is 11.1 Å². The molecule has 6 nitrogen and oxygen atoms in total. The summed E-state index contributed by atoms with van der Waals surface area (Å²) in [5, 5.41) is 0. The number of halogens is 3. The number of hydrogen-bond donors (Lipinski definition) is 0. The molecule has 2 unspecified atom stereocenters. The van der Waals surface area contributed by atoms with Crippen LogP contribution in [-0.2, 0) is 23.1 Å². The van der Waals surface area contributed by atoms with E-state index in [-0.39, 0.29) is 24.1 Å². The predicted octanol–water partition coefficient (Wildman–Crippen LogP) is 4.73. The number of pyridine rings is 1. The molecule has 0 saturated carbocycles. The van der Waals surface area contributed by atoms with Crippen molar-refractivity contribution in [2.45, 2.75) is 45.7 Å². The number of imidazole rings is 1. The van der Waals surface area contributed by atoms with Gasteiger partial charge in [-0.3, -0.25) is 9.53 Å². The van der Waals surface area contributed by atoms with Gasteiger partial charge in [0, 0.05) is 32.0 Å². The van der Waals surface area contributed by atoms with Gasteiger partial charge in [0.05, 0.1) is 17.6 Å². The first kappa shape index (κ1) is 22.5. The Kier molecular flexibility index (Phi) is 6.13. The van der Waals surface area contributed by atoms with Gasteiger partial charge in [-0.2, -0.15) is 0 Å². The smallest absolute Gasteiger partial charge is 0.370 e. The Morgan fingerprint density at radius 3 is 2.72 bits per heavy atom. The molecule has 172 valence electrons. The van der Waals surface area contributed by atoms with Gasteiger partial charge in [0.25, 0.3) is 5.56 Å². The highest BCUT2D eigenvalue weighted by molar-refractivity contribution is 5.82. The Morgan fingerprint density at radius 1 is 1.25 bits per heavy atom. The lowest BCUT2D eigenvalue weighted by Gasteiger charge is -2.19. The van der Waals surface area contributed by atoms with E-state index in [1.165, 1.54) is 4.57 Å². The number of alkyl halides is 3. The van der Waals surface area contributed by atoms with Crippen LogP contribution in [0, 0.1) is 12.8 Å². The normalized spacial score (nSPS) is 19.2. The molecule has 32 heavy (non-hydrogen) atoms. The third kappa shape index (κ3) is 4.45. The van der Waals surface area contributed by atoms with E-state index in [1.54, 1.807) is 24.7 Å². The minimum Gasteiger partial charge on any atom is -0.370 e. The maximum Gasteiger partial charge on any atom is 0.522 e. The van der Waals surface area contributed by atoms with Gasteiger partial charge in [-0.25, -0.2) is 4.98 Å². The molecular formula is C23H26F3N3O3. The molecule has 9 heteroatoms. The zero-order valence-electron chi connectivity index (χ0n) is 18.3. The maximum atomic E-state index is 12.6. The van der Waals surface area contributed by atoms with Crippen LogP contribution < -0.4 is 5.56 Å². The molecule has 3 heterocycles. The average Bonchev–Trinajstić information content (AvgIpc) is 3.34. The highest BCUT2D eigenvalue weighted by atomic mass is 19.4. The van der Waals surface area contributed by atoms with Gasteiger partial charge >= 0.3 is 6.36 Å². The van der Waals surface area contributed by atoms with Crippen LogP contribution in [0.5, 0.6) is 0 Å². The lowest BCUT2D eigenvalue weighted by Crippen LogP contribution is -2.20. The topological polar surface area (TPSA) is 58.3 Å². The Balaban J connectivity index is 1.79. The largest absolute Gasteiger partial charge is 0.522 e. The molecule has 0 amide bonds. The van der Waals surface area contributed by atoms with Gasteiger partial charge in [0.2, 0.25) is 0 Å². The number of nitrogens with zero attached hydrogens (tertiary/aromatic N) is 3. The Hall–Kier alpha value is -2.65. The summed E-state index contributed by atoms with van der Waals surface area (Å²) >= 11 is 0. The van der Waals surface area contributed by atoms with Crippen LogP contribution >= 0.6 is 0 Å². The highest BCUT2D eigenvalue weighted by Gasteiger charge is 2.33. The summed E-state index contributed by atoms with van der Waals surface area (Å²) in [6, 6.07) is 7.47. The summed E-state index contributed by atoms with van der Waals surface area (Å²) in [6.07, 6.45) is -1.41. The number of fused-ring (bicyclic) bond motifs is 1. The summed E-state index contributed by atoms with van der Waals surface area (Å²) in [6.45, 7) is 3.91. The molecule has 0 N–H and O–H groups in total. The summed E-state index contributed by atoms with van der Waals surface area (Å²) in [7, 11) is 1.69. The zero-order valence-corrected chi connectivity index (χ0v) is 18.3. The molecule has 1 saturated heterocycles. The number of rotatable bonds is 6. The number of ether oxygens (including phenoxy) is 2. The molecule has 2 aromatic heterocycles. The second-order valence-electron chi connectivity index (χ2n) is 8.20. The molecule has 3 aromatic rings. The van der Waals surface area contributed by atoms with Crippen molar-refractivity contribution in [2.75, 3.05) is 13.2 Å². The van der Waals surface area contributed by atoms with E-state index in [0.717, 1.165) is 24.0 Å². The van der Waals surface area contributed by atoms with Crippen molar-refractivity contribution in [2.24, 2.45) is 13.0 Å². The number of benzene rings is 1. The van der Waals surface area contributed by atoms with Crippen molar-refractivity contribution >= 4 is 11.0 Å². The minimum absolute atomic E-state index is 0.00258. The van der Waals surface area contributed by atoms with Crippen LogP contribution in [0.4, 0.5) is 13.2 Å². The minimum atomic E-state index is -4.69. The fourth-order valence-electron chi connectivity index (χ4n) is 4.40. The van der Waals surface area contributed by atoms with E-state index in [2.05, 4.69) is 11.7 Å². The predicted molar refractivity (Wildman–Crippen MR) is 114 cm³/mol. The Labute approximate surface area is 183 Å². The summed E-state index contributed by atoms with van der Waals surface area (Å²) in [5.41, 5.74) is 3.62. The molecule has 0 aliphatic carbocycles. The first-order valence-electron chi connectivity index (χ1n) is 10.7. The molecule has 0 radical (unpaired) electrons. The van der Waals surface area contributed by atoms with Crippen LogP contribution in [0.15, 0.2) is 35.3 Å². The van der Waals surface area contributed by atoms with Gasteiger partial charge in [-0.15, -0.1) is 13.2 Å². The fourth-order valence-corrected chi connectivity index (χ4v) is 4.40. The molecule has 0 spiro atoms. The van der Waals surface area contributed by atoms with Gasteiger partial charge in [-0.1, -0.05) is 19.4 Å². The Bertz CT molecular complexity index is 1160. The fraction of sp³-hybridized carbons (Fsp3) is 0.478. The Morgan fingerprint density at radius 2 is 2.03 bits per heavy atom. The van der Waals surface area contributed by atoms with Gasteiger partial charge < -0.3 is 13.9 Å². The average molecular weight is 449 g/mol. The molecule has 0 bridgehead atoms. The number of aromatic nitrogens is 3. The van der Waals surface area contributed by atoms with Gasteiger partial charge in [0.15, 0.2) is 0 Å². The lowest BCUT2D eigenvalue weighted by atomic mass is 9.98. The third-order valence-corrected chi connectivity index (χ3v) is 6.05. The van der Waals surface area contributed by atoms with Gasteiger partial charge in [0.1, 0.15) is 11.9 Å². The molecule has 2 atom stereocenters. The first-order chi connectivity index (χ1) is 15.2. The lowest BCUT2D eigenvalue weighted by molar-refractivity contribution is -0.325. The van der Waals surface area contributed by atoms with E-state index in [0.29, 0.717) is 29.0 Å². The van der Waals surface area contributed by atoms with E-state index in [4.69, 9.17) is 9.72 Å².